The molecule has 0 saturated heterocycles. The number of benzene rings is 2. The maximum absolute atomic E-state index is 10.9. The lowest BCUT2D eigenvalue weighted by Crippen LogP contribution is -1.95. The second-order valence-corrected chi connectivity index (χ2v) is 6.16. The fourth-order valence-corrected chi connectivity index (χ4v) is 3.10. The zero-order valence-electron chi connectivity index (χ0n) is 11.2. The van der Waals surface area contributed by atoms with E-state index in [4.69, 9.17) is 10.5 Å². The second kappa shape index (κ2) is 6.82. The minimum atomic E-state index is -0.415. The van der Waals surface area contributed by atoms with Gasteiger partial charge in [0.05, 0.1) is 12.0 Å². The number of methoxy groups -OCH3 is 1. The third-order valence-electron chi connectivity index (χ3n) is 2.83. The number of nitrogen functional groups attached to an aromatic ring is 1. The van der Waals surface area contributed by atoms with Crippen LogP contribution in [0.5, 0.6) is 5.75 Å². The minimum absolute atomic E-state index is 0.0511. The van der Waals surface area contributed by atoms with Crippen LogP contribution in [-0.4, -0.2) is 12.0 Å². The summed E-state index contributed by atoms with van der Waals surface area (Å²) < 4.78 is 6.16. The summed E-state index contributed by atoms with van der Waals surface area (Å²) >= 11 is 4.87. The molecular formula is C14H13BrN2O3S. The van der Waals surface area contributed by atoms with Crippen LogP contribution in [0.1, 0.15) is 5.56 Å². The molecule has 0 aliphatic heterocycles. The molecule has 21 heavy (non-hydrogen) atoms. The SMILES string of the molecule is COc1ccc([N+](=O)[O-])cc1CSc1ccc(Br)cc1N. The largest absolute Gasteiger partial charge is 0.496 e. The summed E-state index contributed by atoms with van der Waals surface area (Å²) in [7, 11) is 1.54. The van der Waals surface area contributed by atoms with Crippen LogP contribution in [0.25, 0.3) is 0 Å². The van der Waals surface area contributed by atoms with Crippen molar-refractivity contribution >= 4 is 39.1 Å². The van der Waals surface area contributed by atoms with E-state index in [1.165, 1.54) is 23.9 Å². The van der Waals surface area contributed by atoms with Gasteiger partial charge in [-0.2, -0.15) is 0 Å². The molecule has 2 aromatic rings. The Labute approximate surface area is 134 Å². The molecule has 2 rings (SSSR count). The molecule has 0 aliphatic carbocycles. The standard InChI is InChI=1S/C14H13BrN2O3S/c1-20-13-4-3-11(17(18)19)6-9(13)8-21-14-5-2-10(15)7-12(14)16/h2-7H,8,16H2,1H3. The van der Waals surface area contributed by atoms with Crippen LogP contribution in [-0.2, 0) is 5.75 Å². The number of hydrogen-bond donors (Lipinski definition) is 1. The Kier molecular flexibility index (Phi) is 5.08. The first-order valence-corrected chi connectivity index (χ1v) is 7.78. The van der Waals surface area contributed by atoms with Crippen molar-refractivity contribution in [3.8, 4) is 5.75 Å². The number of halogens is 1. The van der Waals surface area contributed by atoms with Crippen LogP contribution < -0.4 is 10.5 Å². The Morgan fingerprint density at radius 1 is 1.33 bits per heavy atom. The number of thioether (sulfide) groups is 1. The number of nitro groups is 1. The van der Waals surface area contributed by atoms with Gasteiger partial charge in [-0.25, -0.2) is 0 Å². The van der Waals surface area contributed by atoms with Gasteiger partial charge >= 0.3 is 0 Å². The van der Waals surface area contributed by atoms with E-state index in [9.17, 15) is 10.1 Å². The van der Waals surface area contributed by atoms with Gasteiger partial charge in [-0.05, 0) is 24.3 Å². The van der Waals surface area contributed by atoms with Gasteiger partial charge in [-0.15, -0.1) is 11.8 Å². The molecule has 5 nitrogen and oxygen atoms in total. The van der Waals surface area contributed by atoms with E-state index in [2.05, 4.69) is 15.9 Å². The summed E-state index contributed by atoms with van der Waals surface area (Å²) in [5, 5.41) is 10.9. The zero-order chi connectivity index (χ0) is 15.4. The number of anilines is 1. The van der Waals surface area contributed by atoms with Gasteiger partial charge in [0, 0.05) is 38.5 Å². The van der Waals surface area contributed by atoms with Crippen molar-refractivity contribution in [3.05, 3.63) is 56.5 Å². The summed E-state index contributed by atoms with van der Waals surface area (Å²) in [6, 6.07) is 10.2. The van der Waals surface area contributed by atoms with E-state index in [0.717, 1.165) is 14.9 Å². The summed E-state index contributed by atoms with van der Waals surface area (Å²) in [5.74, 6) is 1.17. The Hall–Kier alpha value is -1.73. The van der Waals surface area contributed by atoms with Crippen molar-refractivity contribution in [2.75, 3.05) is 12.8 Å². The topological polar surface area (TPSA) is 78.4 Å². The van der Waals surface area contributed by atoms with Crippen LogP contribution >= 0.6 is 27.7 Å². The molecule has 7 heteroatoms. The van der Waals surface area contributed by atoms with Gasteiger partial charge in [-0.3, -0.25) is 10.1 Å². The number of nitro benzene ring substituents is 1. The monoisotopic (exact) mass is 368 g/mol. The van der Waals surface area contributed by atoms with Crippen molar-refractivity contribution in [2.45, 2.75) is 10.6 Å². The molecule has 0 atom stereocenters. The Morgan fingerprint density at radius 2 is 2.10 bits per heavy atom. The van der Waals surface area contributed by atoms with E-state index in [1.807, 2.05) is 18.2 Å². The summed E-state index contributed by atoms with van der Waals surface area (Å²) in [5.41, 5.74) is 7.42. The summed E-state index contributed by atoms with van der Waals surface area (Å²) in [4.78, 5) is 11.4. The Bertz CT molecular complexity index is 679. The van der Waals surface area contributed by atoms with Crippen LogP contribution in [0, 0.1) is 10.1 Å². The molecule has 0 radical (unpaired) electrons. The van der Waals surface area contributed by atoms with Gasteiger partial charge in [0.25, 0.3) is 5.69 Å². The van der Waals surface area contributed by atoms with Crippen LogP contribution in [0.3, 0.4) is 0 Å². The van der Waals surface area contributed by atoms with Gasteiger partial charge in [0.1, 0.15) is 5.75 Å². The minimum Gasteiger partial charge on any atom is -0.496 e. The van der Waals surface area contributed by atoms with Gasteiger partial charge in [0.15, 0.2) is 0 Å². The van der Waals surface area contributed by atoms with Crippen molar-refractivity contribution in [3.63, 3.8) is 0 Å². The maximum atomic E-state index is 10.9. The van der Waals surface area contributed by atoms with E-state index < -0.39 is 4.92 Å². The van der Waals surface area contributed by atoms with E-state index in [-0.39, 0.29) is 5.69 Å². The van der Waals surface area contributed by atoms with Crippen molar-refractivity contribution in [2.24, 2.45) is 0 Å². The number of hydrogen-bond acceptors (Lipinski definition) is 5. The molecule has 0 aromatic heterocycles. The first-order valence-electron chi connectivity index (χ1n) is 6.00. The fourth-order valence-electron chi connectivity index (χ4n) is 1.80. The molecule has 2 N–H and O–H groups in total. The van der Waals surface area contributed by atoms with E-state index in [0.29, 0.717) is 17.2 Å². The molecule has 0 unspecified atom stereocenters. The lowest BCUT2D eigenvalue weighted by Gasteiger charge is -2.09. The first-order chi connectivity index (χ1) is 10.0. The molecule has 110 valence electrons. The fraction of sp³-hybridized carbons (Fsp3) is 0.143. The van der Waals surface area contributed by atoms with Crippen molar-refractivity contribution in [1.29, 1.82) is 0 Å². The molecule has 0 bridgehead atoms. The average molecular weight is 369 g/mol. The predicted molar refractivity (Wildman–Crippen MR) is 87.8 cm³/mol. The molecule has 0 saturated carbocycles. The summed E-state index contributed by atoms with van der Waals surface area (Å²) in [6.45, 7) is 0. The van der Waals surface area contributed by atoms with Crippen molar-refractivity contribution in [1.82, 2.24) is 0 Å². The number of rotatable bonds is 5. The van der Waals surface area contributed by atoms with Crippen LogP contribution in [0.4, 0.5) is 11.4 Å². The molecular weight excluding hydrogens is 356 g/mol. The van der Waals surface area contributed by atoms with Crippen LogP contribution in [0.2, 0.25) is 0 Å². The highest BCUT2D eigenvalue weighted by Crippen LogP contribution is 2.34. The highest BCUT2D eigenvalue weighted by atomic mass is 79.9. The van der Waals surface area contributed by atoms with Gasteiger partial charge < -0.3 is 10.5 Å². The predicted octanol–water partition coefficient (Wildman–Crippen LogP) is 4.24. The third-order valence-corrected chi connectivity index (χ3v) is 4.46. The van der Waals surface area contributed by atoms with Crippen LogP contribution in [0.15, 0.2) is 45.8 Å². The molecule has 0 spiro atoms. The first kappa shape index (κ1) is 15.7. The highest BCUT2D eigenvalue weighted by Gasteiger charge is 2.12. The second-order valence-electron chi connectivity index (χ2n) is 4.22. The third kappa shape index (κ3) is 3.89. The lowest BCUT2D eigenvalue weighted by atomic mass is 10.2. The quantitative estimate of drug-likeness (QED) is 0.369. The smallest absolute Gasteiger partial charge is 0.270 e. The van der Waals surface area contributed by atoms with E-state index >= 15 is 0 Å². The molecule has 0 amide bonds. The number of nitrogens with two attached hydrogens (primary N) is 1. The summed E-state index contributed by atoms with van der Waals surface area (Å²) in [6.07, 6.45) is 0. The molecule has 0 fully saturated rings. The molecule has 0 aliphatic rings. The maximum Gasteiger partial charge on any atom is 0.270 e. The lowest BCUT2D eigenvalue weighted by molar-refractivity contribution is -0.384. The Balaban J connectivity index is 2.22. The normalized spacial score (nSPS) is 10.4. The zero-order valence-corrected chi connectivity index (χ0v) is 13.6. The van der Waals surface area contributed by atoms with Gasteiger partial charge in [0.2, 0.25) is 0 Å². The Morgan fingerprint density at radius 3 is 2.71 bits per heavy atom. The highest BCUT2D eigenvalue weighted by molar-refractivity contribution is 9.10. The molecule has 2 aromatic carbocycles. The number of nitrogens with zero attached hydrogens (tertiary/aromatic N) is 1. The number of non-ortho nitro benzene ring substituents is 1. The van der Waals surface area contributed by atoms with E-state index in [1.54, 1.807) is 13.2 Å². The average Bonchev–Trinajstić information content (AvgIpc) is 2.46. The van der Waals surface area contributed by atoms with Crippen molar-refractivity contribution < 1.29 is 9.66 Å². The number of ether oxygens (including phenoxy) is 1. The van der Waals surface area contributed by atoms with Gasteiger partial charge in [-0.1, -0.05) is 15.9 Å². The molecule has 0 heterocycles.